The summed E-state index contributed by atoms with van der Waals surface area (Å²) in [5.74, 6) is 0.0453. The molecule has 0 atom stereocenters. The summed E-state index contributed by atoms with van der Waals surface area (Å²) in [6.07, 6.45) is 2.79. The number of unbranched alkanes of at least 4 members (excludes halogenated alkanes) is 2. The van der Waals surface area contributed by atoms with Gasteiger partial charge in [0.1, 0.15) is 5.84 Å². The topological polar surface area (TPSA) is 73.3 Å². The number of anilines is 1. The standard InChI is InChI=1S/C13H20ClN3O/c1-17(7-3-2-4-8-18)12-9-10(14)5-6-11(12)13(15)16/h5-6,9,18H,2-4,7-8H2,1H3,(H3,15,16). The molecule has 18 heavy (non-hydrogen) atoms. The van der Waals surface area contributed by atoms with Crippen molar-refractivity contribution in [3.8, 4) is 0 Å². The predicted octanol–water partition coefficient (Wildman–Crippen LogP) is 2.22. The van der Waals surface area contributed by atoms with Crippen molar-refractivity contribution >= 4 is 23.1 Å². The van der Waals surface area contributed by atoms with Gasteiger partial charge in [0.15, 0.2) is 0 Å². The molecule has 1 aromatic rings. The van der Waals surface area contributed by atoms with Gasteiger partial charge in [-0.25, -0.2) is 0 Å². The first-order chi connectivity index (χ1) is 8.56. The highest BCUT2D eigenvalue weighted by molar-refractivity contribution is 6.31. The molecule has 0 aliphatic heterocycles. The Labute approximate surface area is 113 Å². The number of nitrogens with zero attached hydrogens (tertiary/aromatic N) is 1. The zero-order chi connectivity index (χ0) is 13.5. The van der Waals surface area contributed by atoms with Crippen LogP contribution in [-0.2, 0) is 0 Å². The zero-order valence-corrected chi connectivity index (χ0v) is 11.4. The third-order valence-corrected chi connectivity index (χ3v) is 3.05. The van der Waals surface area contributed by atoms with E-state index in [0.717, 1.165) is 31.5 Å². The van der Waals surface area contributed by atoms with Crippen molar-refractivity contribution in [3.05, 3.63) is 28.8 Å². The number of halogens is 1. The largest absolute Gasteiger partial charge is 0.396 e. The quantitative estimate of drug-likeness (QED) is 0.404. The smallest absolute Gasteiger partial charge is 0.124 e. The second-order valence-electron chi connectivity index (χ2n) is 4.28. The molecule has 0 aliphatic rings. The first-order valence-corrected chi connectivity index (χ1v) is 6.40. The van der Waals surface area contributed by atoms with Gasteiger partial charge in [-0.1, -0.05) is 11.6 Å². The van der Waals surface area contributed by atoms with Crippen LogP contribution in [0, 0.1) is 5.41 Å². The third kappa shape index (κ3) is 4.20. The monoisotopic (exact) mass is 269 g/mol. The molecule has 5 heteroatoms. The number of aliphatic hydroxyl groups excluding tert-OH is 1. The van der Waals surface area contributed by atoms with Crippen LogP contribution in [0.3, 0.4) is 0 Å². The Bertz CT molecular complexity index is 409. The Morgan fingerprint density at radius 1 is 1.39 bits per heavy atom. The van der Waals surface area contributed by atoms with Crippen molar-refractivity contribution in [2.45, 2.75) is 19.3 Å². The molecule has 0 saturated carbocycles. The number of nitrogens with one attached hydrogen (secondary N) is 1. The molecule has 0 spiro atoms. The summed E-state index contributed by atoms with van der Waals surface area (Å²) in [5.41, 5.74) is 7.13. The maximum Gasteiger partial charge on any atom is 0.124 e. The molecule has 0 aliphatic carbocycles. The third-order valence-electron chi connectivity index (χ3n) is 2.81. The normalized spacial score (nSPS) is 10.4. The Morgan fingerprint density at radius 2 is 2.11 bits per heavy atom. The lowest BCUT2D eigenvalue weighted by Crippen LogP contribution is -2.23. The molecular formula is C13H20ClN3O. The minimum absolute atomic E-state index is 0.0453. The number of aliphatic hydroxyl groups is 1. The van der Waals surface area contributed by atoms with Gasteiger partial charge in [0.25, 0.3) is 0 Å². The van der Waals surface area contributed by atoms with E-state index in [4.69, 9.17) is 27.9 Å². The van der Waals surface area contributed by atoms with Crippen molar-refractivity contribution in [3.63, 3.8) is 0 Å². The van der Waals surface area contributed by atoms with Crippen LogP contribution in [-0.4, -0.2) is 31.1 Å². The van der Waals surface area contributed by atoms with Gasteiger partial charge in [0, 0.05) is 36.5 Å². The number of amidine groups is 1. The first-order valence-electron chi connectivity index (χ1n) is 6.02. The Balaban J connectivity index is 2.74. The predicted molar refractivity (Wildman–Crippen MR) is 76.7 cm³/mol. The van der Waals surface area contributed by atoms with Crippen molar-refractivity contribution < 1.29 is 5.11 Å². The molecule has 0 fully saturated rings. The fraction of sp³-hybridized carbons (Fsp3) is 0.462. The summed E-state index contributed by atoms with van der Waals surface area (Å²) in [6, 6.07) is 5.33. The fourth-order valence-electron chi connectivity index (χ4n) is 1.81. The number of nitrogens with two attached hydrogens (primary N) is 1. The highest BCUT2D eigenvalue weighted by atomic mass is 35.5. The summed E-state index contributed by atoms with van der Waals surface area (Å²) in [6.45, 7) is 1.08. The molecule has 0 saturated heterocycles. The molecule has 4 nitrogen and oxygen atoms in total. The molecule has 0 unspecified atom stereocenters. The first kappa shape index (κ1) is 14.8. The van der Waals surface area contributed by atoms with E-state index in [1.165, 1.54) is 0 Å². The van der Waals surface area contributed by atoms with Crippen LogP contribution in [0.15, 0.2) is 18.2 Å². The average molecular weight is 270 g/mol. The Morgan fingerprint density at radius 3 is 2.72 bits per heavy atom. The van der Waals surface area contributed by atoms with E-state index in [9.17, 15) is 0 Å². The molecule has 0 heterocycles. The summed E-state index contributed by atoms with van der Waals surface area (Å²) < 4.78 is 0. The van der Waals surface area contributed by atoms with Crippen LogP contribution in [0.1, 0.15) is 24.8 Å². The van der Waals surface area contributed by atoms with E-state index < -0.39 is 0 Å². The van der Waals surface area contributed by atoms with Crippen LogP contribution in [0.25, 0.3) is 0 Å². The zero-order valence-electron chi connectivity index (χ0n) is 10.6. The minimum atomic E-state index is 0.0453. The summed E-state index contributed by atoms with van der Waals surface area (Å²) in [5, 5.41) is 16.9. The highest BCUT2D eigenvalue weighted by Crippen LogP contribution is 2.24. The Hall–Kier alpha value is -1.26. The maximum atomic E-state index is 8.73. The van der Waals surface area contributed by atoms with Crippen LogP contribution >= 0.6 is 11.6 Å². The van der Waals surface area contributed by atoms with Crippen molar-refractivity contribution in [2.24, 2.45) is 5.73 Å². The maximum absolute atomic E-state index is 8.73. The molecule has 0 amide bonds. The average Bonchev–Trinajstić information content (AvgIpc) is 2.34. The number of hydrogen-bond acceptors (Lipinski definition) is 3. The van der Waals surface area contributed by atoms with Crippen LogP contribution in [0.5, 0.6) is 0 Å². The summed E-state index contributed by atoms with van der Waals surface area (Å²) in [4.78, 5) is 2.04. The fourth-order valence-corrected chi connectivity index (χ4v) is 1.97. The highest BCUT2D eigenvalue weighted by Gasteiger charge is 2.10. The van der Waals surface area contributed by atoms with Gasteiger partial charge in [-0.05, 0) is 37.5 Å². The molecular weight excluding hydrogens is 250 g/mol. The van der Waals surface area contributed by atoms with Gasteiger partial charge >= 0.3 is 0 Å². The molecule has 1 rings (SSSR count). The number of rotatable bonds is 7. The molecule has 0 aromatic heterocycles. The minimum Gasteiger partial charge on any atom is -0.396 e. The van der Waals surface area contributed by atoms with E-state index in [0.29, 0.717) is 10.6 Å². The van der Waals surface area contributed by atoms with E-state index in [1.807, 2.05) is 18.0 Å². The van der Waals surface area contributed by atoms with Gasteiger partial charge in [0.2, 0.25) is 0 Å². The van der Waals surface area contributed by atoms with Crippen molar-refractivity contribution in [2.75, 3.05) is 25.1 Å². The summed E-state index contributed by atoms with van der Waals surface area (Å²) >= 11 is 5.98. The lowest BCUT2D eigenvalue weighted by atomic mass is 10.1. The molecule has 0 bridgehead atoms. The number of nitrogen functional groups attached to an aromatic ring is 1. The summed E-state index contributed by atoms with van der Waals surface area (Å²) in [7, 11) is 1.96. The van der Waals surface area contributed by atoms with E-state index in [1.54, 1.807) is 12.1 Å². The molecule has 0 radical (unpaired) electrons. The number of benzene rings is 1. The van der Waals surface area contributed by atoms with Crippen LogP contribution in [0.4, 0.5) is 5.69 Å². The van der Waals surface area contributed by atoms with Gasteiger partial charge in [-0.3, -0.25) is 5.41 Å². The van der Waals surface area contributed by atoms with Crippen molar-refractivity contribution in [1.82, 2.24) is 0 Å². The molecule has 4 N–H and O–H groups in total. The van der Waals surface area contributed by atoms with Gasteiger partial charge < -0.3 is 15.7 Å². The number of hydrogen-bond donors (Lipinski definition) is 3. The second-order valence-corrected chi connectivity index (χ2v) is 4.72. The van der Waals surface area contributed by atoms with Crippen molar-refractivity contribution in [1.29, 1.82) is 5.41 Å². The van der Waals surface area contributed by atoms with E-state index >= 15 is 0 Å². The van der Waals surface area contributed by atoms with Gasteiger partial charge in [0.05, 0.1) is 0 Å². The van der Waals surface area contributed by atoms with Gasteiger partial charge in [-0.2, -0.15) is 0 Å². The van der Waals surface area contributed by atoms with E-state index in [2.05, 4.69) is 0 Å². The Kier molecular flexibility index (Phi) is 5.95. The lowest BCUT2D eigenvalue weighted by molar-refractivity contribution is 0.283. The van der Waals surface area contributed by atoms with Crippen LogP contribution in [0.2, 0.25) is 5.02 Å². The molecule has 1 aromatic carbocycles. The second kappa shape index (κ2) is 7.24. The lowest BCUT2D eigenvalue weighted by Gasteiger charge is -2.22. The SMILES string of the molecule is CN(CCCCCO)c1cc(Cl)ccc1C(=N)N. The van der Waals surface area contributed by atoms with Gasteiger partial charge in [-0.15, -0.1) is 0 Å². The molecule has 100 valence electrons. The van der Waals surface area contributed by atoms with E-state index in [-0.39, 0.29) is 12.4 Å². The van der Waals surface area contributed by atoms with Crippen LogP contribution < -0.4 is 10.6 Å².